The van der Waals surface area contributed by atoms with Crippen LogP contribution in [0.5, 0.6) is 0 Å². The fraction of sp³-hybridized carbons (Fsp3) is 0.536. The van der Waals surface area contributed by atoms with Crippen molar-refractivity contribution in [3.8, 4) is 0 Å². The average Bonchev–Trinajstić information content (AvgIpc) is 3.34. The van der Waals surface area contributed by atoms with Gasteiger partial charge in [-0.05, 0) is 81.0 Å². The lowest BCUT2D eigenvalue weighted by molar-refractivity contribution is 0.0724. The molecule has 2 aromatic rings. The molecule has 5 nitrogen and oxygen atoms in total. The van der Waals surface area contributed by atoms with E-state index in [1.807, 2.05) is 17.0 Å². The Balaban J connectivity index is 1.20. The number of nitrogens with zero attached hydrogens (tertiary/aromatic N) is 4. The normalized spacial score (nSPS) is 22.1. The van der Waals surface area contributed by atoms with Gasteiger partial charge in [-0.25, -0.2) is 0 Å². The summed E-state index contributed by atoms with van der Waals surface area (Å²) in [5, 5.41) is 0. The largest absolute Gasteiger partial charge is 0.371 e. The predicted molar refractivity (Wildman–Crippen MR) is 136 cm³/mol. The zero-order chi connectivity index (χ0) is 22.6. The summed E-state index contributed by atoms with van der Waals surface area (Å²) >= 11 is 0. The number of hydrogen-bond acceptors (Lipinski definition) is 4. The second-order valence-corrected chi connectivity index (χ2v) is 10.1. The van der Waals surface area contributed by atoms with Crippen molar-refractivity contribution in [3.63, 3.8) is 0 Å². The van der Waals surface area contributed by atoms with Gasteiger partial charge in [0.2, 0.25) is 0 Å². The molecule has 0 saturated carbocycles. The van der Waals surface area contributed by atoms with Gasteiger partial charge >= 0.3 is 0 Å². The molecule has 5 rings (SSSR count). The lowest BCUT2D eigenvalue weighted by Crippen LogP contribution is -2.44. The molecule has 0 aromatic heterocycles. The minimum absolute atomic E-state index is 0.195. The lowest BCUT2D eigenvalue weighted by Gasteiger charge is -2.35. The molecule has 3 saturated heterocycles. The van der Waals surface area contributed by atoms with Crippen molar-refractivity contribution in [2.45, 2.75) is 32.1 Å². The quantitative estimate of drug-likeness (QED) is 0.691. The molecule has 1 atom stereocenters. The number of hydrogen-bond donors (Lipinski definition) is 0. The molecule has 0 N–H and O–H groups in total. The first-order chi connectivity index (χ1) is 16.2. The van der Waals surface area contributed by atoms with E-state index in [9.17, 15) is 4.79 Å². The molecule has 3 aliphatic heterocycles. The van der Waals surface area contributed by atoms with Crippen LogP contribution in [0, 0.1) is 5.92 Å². The topological polar surface area (TPSA) is 30.0 Å². The highest BCUT2D eigenvalue weighted by atomic mass is 16.2. The van der Waals surface area contributed by atoms with E-state index >= 15 is 0 Å². The third kappa shape index (κ3) is 5.19. The summed E-state index contributed by atoms with van der Waals surface area (Å²) in [6, 6.07) is 17.4. The Hall–Kier alpha value is -2.53. The number of para-hydroxylation sites is 1. The molecule has 2 aromatic carbocycles. The van der Waals surface area contributed by atoms with Crippen molar-refractivity contribution in [3.05, 3.63) is 59.7 Å². The standard InChI is InChI=1S/C28H38N4O/c1-29-17-19-30(20-18-29)27-8-4-3-7-25(27)21-23-13-16-32(22-23)26-11-9-24(10-12-26)28(33)31-14-5-2-6-15-31/h3-4,7-12,23H,2,5-6,13-22H2,1H3. The number of carbonyl (C=O) groups is 1. The number of anilines is 2. The number of piperidine rings is 1. The number of likely N-dealkylation sites (N-methyl/N-ethyl adjacent to an activating group) is 1. The number of benzene rings is 2. The second-order valence-electron chi connectivity index (χ2n) is 10.1. The zero-order valence-electron chi connectivity index (χ0n) is 20.1. The van der Waals surface area contributed by atoms with Crippen LogP contribution in [-0.4, -0.2) is 75.1 Å². The van der Waals surface area contributed by atoms with Gasteiger partial charge in [0.1, 0.15) is 0 Å². The van der Waals surface area contributed by atoms with Crippen molar-refractivity contribution in [2.24, 2.45) is 5.92 Å². The van der Waals surface area contributed by atoms with Crippen LogP contribution in [-0.2, 0) is 6.42 Å². The highest BCUT2D eigenvalue weighted by Crippen LogP contribution is 2.30. The third-order valence-corrected chi connectivity index (χ3v) is 7.75. The van der Waals surface area contributed by atoms with E-state index in [-0.39, 0.29) is 5.91 Å². The predicted octanol–water partition coefficient (Wildman–Crippen LogP) is 4.13. The van der Waals surface area contributed by atoms with Gasteiger partial charge in [-0.15, -0.1) is 0 Å². The lowest BCUT2D eigenvalue weighted by atomic mass is 9.96. The van der Waals surface area contributed by atoms with Crippen LogP contribution < -0.4 is 9.80 Å². The molecule has 176 valence electrons. The van der Waals surface area contributed by atoms with E-state index in [4.69, 9.17) is 0 Å². The van der Waals surface area contributed by atoms with Crippen molar-refractivity contribution in [1.29, 1.82) is 0 Å². The van der Waals surface area contributed by atoms with Gasteiger partial charge in [-0.1, -0.05) is 18.2 Å². The van der Waals surface area contributed by atoms with Crippen LogP contribution in [0.4, 0.5) is 11.4 Å². The van der Waals surface area contributed by atoms with Crippen LogP contribution in [0.3, 0.4) is 0 Å². The van der Waals surface area contributed by atoms with Gasteiger partial charge in [0.25, 0.3) is 5.91 Å². The highest BCUT2D eigenvalue weighted by Gasteiger charge is 2.25. The molecular weight excluding hydrogens is 408 g/mol. The van der Waals surface area contributed by atoms with Gasteiger partial charge < -0.3 is 19.6 Å². The molecule has 0 bridgehead atoms. The minimum atomic E-state index is 0.195. The molecule has 1 unspecified atom stereocenters. The van der Waals surface area contributed by atoms with E-state index in [0.717, 1.165) is 77.2 Å². The summed E-state index contributed by atoms with van der Waals surface area (Å²) in [7, 11) is 2.21. The number of likely N-dealkylation sites (tertiary alicyclic amines) is 1. The van der Waals surface area contributed by atoms with Gasteiger partial charge in [0, 0.05) is 69.3 Å². The maximum atomic E-state index is 12.8. The van der Waals surface area contributed by atoms with Gasteiger partial charge in [0.15, 0.2) is 0 Å². The van der Waals surface area contributed by atoms with E-state index in [0.29, 0.717) is 5.92 Å². The summed E-state index contributed by atoms with van der Waals surface area (Å²) < 4.78 is 0. The molecule has 3 fully saturated rings. The van der Waals surface area contributed by atoms with Gasteiger partial charge in [-0.2, -0.15) is 0 Å². The van der Waals surface area contributed by atoms with E-state index in [2.05, 4.69) is 58.1 Å². The first-order valence-electron chi connectivity index (χ1n) is 12.8. The molecule has 1 amide bonds. The van der Waals surface area contributed by atoms with Crippen LogP contribution in [0.15, 0.2) is 48.5 Å². The maximum absolute atomic E-state index is 12.8. The molecule has 3 aliphatic rings. The van der Waals surface area contributed by atoms with Gasteiger partial charge in [-0.3, -0.25) is 4.79 Å². The van der Waals surface area contributed by atoms with Crippen molar-refractivity contribution < 1.29 is 4.79 Å². The van der Waals surface area contributed by atoms with Crippen molar-refractivity contribution in [1.82, 2.24) is 9.80 Å². The molecule has 5 heteroatoms. The Morgan fingerprint density at radius 3 is 2.30 bits per heavy atom. The third-order valence-electron chi connectivity index (χ3n) is 7.75. The SMILES string of the molecule is CN1CCN(c2ccccc2CC2CCN(c3ccc(C(=O)N4CCCCC4)cc3)C2)CC1. The number of amides is 1. The molecule has 33 heavy (non-hydrogen) atoms. The highest BCUT2D eigenvalue weighted by molar-refractivity contribution is 5.94. The summed E-state index contributed by atoms with van der Waals surface area (Å²) in [4.78, 5) is 22.3. The molecule has 0 radical (unpaired) electrons. The first kappa shape index (κ1) is 22.3. The Bertz CT molecular complexity index is 929. The molecular formula is C28H38N4O. The van der Waals surface area contributed by atoms with E-state index < -0.39 is 0 Å². The number of carbonyl (C=O) groups excluding carboxylic acids is 1. The van der Waals surface area contributed by atoms with Crippen molar-refractivity contribution in [2.75, 3.05) is 69.2 Å². The smallest absolute Gasteiger partial charge is 0.253 e. The minimum Gasteiger partial charge on any atom is -0.371 e. The average molecular weight is 447 g/mol. The number of rotatable bonds is 5. The summed E-state index contributed by atoms with van der Waals surface area (Å²) in [6.07, 6.45) is 5.89. The fourth-order valence-corrected chi connectivity index (χ4v) is 5.68. The first-order valence-corrected chi connectivity index (χ1v) is 12.8. The molecule has 0 aliphatic carbocycles. The van der Waals surface area contributed by atoms with Crippen LogP contribution >= 0.6 is 0 Å². The van der Waals surface area contributed by atoms with E-state index in [1.165, 1.54) is 29.8 Å². The summed E-state index contributed by atoms with van der Waals surface area (Å²) in [5.74, 6) is 0.870. The van der Waals surface area contributed by atoms with Crippen LogP contribution in [0.25, 0.3) is 0 Å². The number of piperazine rings is 1. The van der Waals surface area contributed by atoms with Crippen LogP contribution in [0.2, 0.25) is 0 Å². The van der Waals surface area contributed by atoms with Gasteiger partial charge in [0.05, 0.1) is 0 Å². The molecule has 0 spiro atoms. The monoisotopic (exact) mass is 446 g/mol. The molecule has 3 heterocycles. The van der Waals surface area contributed by atoms with Crippen molar-refractivity contribution >= 4 is 17.3 Å². The fourth-order valence-electron chi connectivity index (χ4n) is 5.68. The Labute approximate surface area is 199 Å². The van der Waals surface area contributed by atoms with E-state index in [1.54, 1.807) is 0 Å². The Kier molecular flexibility index (Phi) is 6.86. The Morgan fingerprint density at radius 2 is 1.55 bits per heavy atom. The van der Waals surface area contributed by atoms with Crippen LogP contribution in [0.1, 0.15) is 41.6 Å². The zero-order valence-corrected chi connectivity index (χ0v) is 20.1. The summed E-state index contributed by atoms with van der Waals surface area (Å²) in [6.45, 7) is 8.52. The second kappa shape index (κ2) is 10.2. The summed E-state index contributed by atoms with van der Waals surface area (Å²) in [5.41, 5.74) is 5.01. The Morgan fingerprint density at radius 1 is 0.818 bits per heavy atom. The maximum Gasteiger partial charge on any atom is 0.253 e.